The second kappa shape index (κ2) is 11.3. The van der Waals surface area contributed by atoms with Crippen LogP contribution in [0.1, 0.15) is 45.5 Å². The lowest BCUT2D eigenvalue weighted by Gasteiger charge is -2.12. The van der Waals surface area contributed by atoms with Gasteiger partial charge in [0.1, 0.15) is 5.52 Å². The first-order valence-electron chi connectivity index (χ1n) is 13.6. The number of amides is 1. The quantitative estimate of drug-likeness (QED) is 0.184. The van der Waals surface area contributed by atoms with Crippen molar-refractivity contribution in [3.63, 3.8) is 0 Å². The molecule has 226 valence electrons. The Kier molecular flexibility index (Phi) is 7.48. The lowest BCUT2D eigenvalue weighted by molar-refractivity contribution is -0.138. The van der Waals surface area contributed by atoms with Gasteiger partial charge in [-0.1, -0.05) is 36.4 Å². The van der Waals surface area contributed by atoms with Crippen molar-refractivity contribution in [1.82, 2.24) is 24.8 Å². The van der Waals surface area contributed by atoms with Gasteiger partial charge in [-0.05, 0) is 60.4 Å². The lowest BCUT2D eigenvalue weighted by Crippen LogP contribution is -2.25. The Hall–Kier alpha value is -4.94. The molecule has 0 spiro atoms. The molecule has 6 rings (SSSR count). The fourth-order valence-corrected chi connectivity index (χ4v) is 4.62. The molecule has 44 heavy (non-hydrogen) atoms. The van der Waals surface area contributed by atoms with Gasteiger partial charge in [0.25, 0.3) is 5.91 Å². The molecule has 2 heterocycles. The molecule has 7 nitrogen and oxygen atoms in total. The standard InChI is InChI=1S/C31H24F6N6O/c32-30(33,34)22-10-4-18(5-11-22)16-43-17-39-25-27(38-15-19-2-1-3-23(14-19)31(35,36)37)41-26(42-28(25)43)20-6-8-21(9-7-20)29(44)40-24-12-13-24/h1-11,14,17,24H,12-13,15-16H2,(H,40,44)(H,38,41,42). The largest absolute Gasteiger partial charge is 0.416 e. The van der Waals surface area contributed by atoms with E-state index in [0.29, 0.717) is 33.4 Å². The van der Waals surface area contributed by atoms with E-state index in [0.717, 1.165) is 37.1 Å². The molecule has 0 aliphatic heterocycles. The Balaban J connectivity index is 1.34. The molecule has 0 saturated heterocycles. The molecule has 1 aliphatic rings. The molecule has 5 aromatic rings. The molecule has 0 bridgehead atoms. The van der Waals surface area contributed by atoms with Crippen molar-refractivity contribution in [1.29, 1.82) is 0 Å². The smallest absolute Gasteiger partial charge is 0.364 e. The van der Waals surface area contributed by atoms with Crippen molar-refractivity contribution in [2.75, 3.05) is 5.32 Å². The molecule has 0 radical (unpaired) electrons. The van der Waals surface area contributed by atoms with Crippen LogP contribution >= 0.6 is 0 Å². The number of carbonyl (C=O) groups excluding carboxylic acids is 1. The zero-order valence-electron chi connectivity index (χ0n) is 22.9. The fraction of sp³-hybridized carbons (Fsp3) is 0.226. The van der Waals surface area contributed by atoms with Crippen molar-refractivity contribution in [3.05, 3.63) is 107 Å². The molecule has 13 heteroatoms. The fourth-order valence-electron chi connectivity index (χ4n) is 4.62. The minimum atomic E-state index is -4.50. The molecule has 2 N–H and O–H groups in total. The van der Waals surface area contributed by atoms with Gasteiger partial charge in [-0.25, -0.2) is 15.0 Å². The van der Waals surface area contributed by atoms with Crippen molar-refractivity contribution in [2.24, 2.45) is 0 Å². The first kappa shape index (κ1) is 29.1. The Morgan fingerprint density at radius 3 is 2.20 bits per heavy atom. The second-order valence-electron chi connectivity index (χ2n) is 10.5. The van der Waals surface area contributed by atoms with Gasteiger partial charge < -0.3 is 15.2 Å². The number of halogens is 6. The average molecular weight is 611 g/mol. The summed E-state index contributed by atoms with van der Waals surface area (Å²) in [7, 11) is 0. The van der Waals surface area contributed by atoms with Crippen LogP contribution in [0.3, 0.4) is 0 Å². The van der Waals surface area contributed by atoms with Gasteiger partial charge in [0, 0.05) is 23.7 Å². The van der Waals surface area contributed by atoms with Crippen LogP contribution in [0.4, 0.5) is 32.2 Å². The topological polar surface area (TPSA) is 84.7 Å². The van der Waals surface area contributed by atoms with E-state index in [1.54, 1.807) is 34.9 Å². The average Bonchev–Trinajstić information content (AvgIpc) is 3.73. The molecule has 3 aromatic carbocycles. The molecule has 1 fully saturated rings. The third-order valence-corrected chi connectivity index (χ3v) is 7.13. The third-order valence-electron chi connectivity index (χ3n) is 7.13. The highest BCUT2D eigenvalue weighted by Crippen LogP contribution is 2.31. The van der Waals surface area contributed by atoms with Crippen LogP contribution in [0, 0.1) is 0 Å². The number of anilines is 1. The highest BCUT2D eigenvalue weighted by atomic mass is 19.4. The monoisotopic (exact) mass is 610 g/mol. The van der Waals surface area contributed by atoms with Crippen LogP contribution in [0.2, 0.25) is 0 Å². The van der Waals surface area contributed by atoms with Crippen molar-refractivity contribution in [3.8, 4) is 11.4 Å². The summed E-state index contributed by atoms with van der Waals surface area (Å²) >= 11 is 0. The maximum atomic E-state index is 13.3. The van der Waals surface area contributed by atoms with Gasteiger partial charge in [0.2, 0.25) is 0 Å². The summed E-state index contributed by atoms with van der Waals surface area (Å²) in [5.41, 5.74) is 1.11. The number of nitrogens with zero attached hydrogens (tertiary/aromatic N) is 4. The van der Waals surface area contributed by atoms with Gasteiger partial charge in [0.15, 0.2) is 17.3 Å². The number of aromatic nitrogens is 4. The van der Waals surface area contributed by atoms with Crippen molar-refractivity contribution in [2.45, 2.75) is 44.3 Å². The number of hydrogen-bond acceptors (Lipinski definition) is 5. The first-order valence-corrected chi connectivity index (χ1v) is 13.6. The van der Waals surface area contributed by atoms with E-state index in [1.165, 1.54) is 24.5 Å². The van der Waals surface area contributed by atoms with Crippen LogP contribution in [-0.4, -0.2) is 31.5 Å². The maximum Gasteiger partial charge on any atom is 0.416 e. The molecule has 0 atom stereocenters. The van der Waals surface area contributed by atoms with Gasteiger partial charge in [0.05, 0.1) is 24.0 Å². The van der Waals surface area contributed by atoms with Crippen molar-refractivity contribution >= 4 is 22.9 Å². The van der Waals surface area contributed by atoms with E-state index < -0.39 is 23.5 Å². The minimum Gasteiger partial charge on any atom is -0.364 e. The number of imidazole rings is 1. The molecular weight excluding hydrogens is 586 g/mol. The van der Waals surface area contributed by atoms with E-state index in [9.17, 15) is 31.1 Å². The Morgan fingerprint density at radius 2 is 1.55 bits per heavy atom. The molecule has 2 aromatic heterocycles. The summed E-state index contributed by atoms with van der Waals surface area (Å²) in [6, 6.07) is 16.5. The predicted octanol–water partition coefficient (Wildman–Crippen LogP) is 7.08. The molecular formula is C31H24F6N6O. The molecule has 0 unspecified atom stereocenters. The lowest BCUT2D eigenvalue weighted by atomic mass is 10.1. The van der Waals surface area contributed by atoms with E-state index in [1.807, 2.05) is 0 Å². The highest BCUT2D eigenvalue weighted by molar-refractivity contribution is 5.95. The summed E-state index contributed by atoms with van der Waals surface area (Å²) in [5, 5.41) is 5.99. The first-order chi connectivity index (χ1) is 20.9. The van der Waals surface area contributed by atoms with E-state index in [-0.39, 0.29) is 36.7 Å². The van der Waals surface area contributed by atoms with Crippen LogP contribution < -0.4 is 10.6 Å². The summed E-state index contributed by atoms with van der Waals surface area (Å²) in [5.74, 6) is 0.324. The highest BCUT2D eigenvalue weighted by Gasteiger charge is 2.31. The molecule has 1 amide bonds. The maximum absolute atomic E-state index is 13.3. The normalized spacial score (nSPS) is 13.7. The number of rotatable bonds is 8. The van der Waals surface area contributed by atoms with Crippen LogP contribution in [0.25, 0.3) is 22.6 Å². The van der Waals surface area contributed by atoms with Gasteiger partial charge in [-0.15, -0.1) is 0 Å². The summed E-state index contributed by atoms with van der Waals surface area (Å²) < 4.78 is 80.5. The number of alkyl halides is 6. The number of benzene rings is 3. The third kappa shape index (κ3) is 6.51. The van der Waals surface area contributed by atoms with Crippen LogP contribution in [0.15, 0.2) is 79.1 Å². The summed E-state index contributed by atoms with van der Waals surface area (Å²) in [6.45, 7) is 0.153. The van der Waals surface area contributed by atoms with Crippen LogP contribution in [0.5, 0.6) is 0 Å². The number of nitrogens with one attached hydrogen (secondary N) is 2. The number of fused-ring (bicyclic) bond motifs is 1. The molecule has 1 aliphatic carbocycles. The van der Waals surface area contributed by atoms with Gasteiger partial charge in [-0.3, -0.25) is 4.79 Å². The Morgan fingerprint density at radius 1 is 0.841 bits per heavy atom. The van der Waals surface area contributed by atoms with E-state index in [4.69, 9.17) is 0 Å². The zero-order valence-corrected chi connectivity index (χ0v) is 22.9. The van der Waals surface area contributed by atoms with E-state index >= 15 is 0 Å². The van der Waals surface area contributed by atoms with Crippen LogP contribution in [-0.2, 0) is 25.4 Å². The number of hydrogen-bond donors (Lipinski definition) is 2. The van der Waals surface area contributed by atoms with E-state index in [2.05, 4.69) is 25.6 Å². The SMILES string of the molecule is O=C(NC1CC1)c1ccc(-c2nc(NCc3cccc(C(F)(F)F)c3)c3ncn(Cc4ccc(C(F)(F)F)cc4)c3n2)cc1. The van der Waals surface area contributed by atoms with Gasteiger partial charge in [-0.2, -0.15) is 26.3 Å². The number of carbonyl (C=O) groups is 1. The minimum absolute atomic E-state index is 0.00150. The summed E-state index contributed by atoms with van der Waals surface area (Å²) in [6.07, 6.45) is -5.58. The zero-order chi connectivity index (χ0) is 31.1. The van der Waals surface area contributed by atoms with Crippen molar-refractivity contribution < 1.29 is 31.1 Å². The molecule has 1 saturated carbocycles. The summed E-state index contributed by atoms with van der Waals surface area (Å²) in [4.78, 5) is 26.1. The Labute approximate surface area is 247 Å². The predicted molar refractivity (Wildman–Crippen MR) is 151 cm³/mol. The van der Waals surface area contributed by atoms with Gasteiger partial charge >= 0.3 is 12.4 Å². The Bertz CT molecular complexity index is 1810. The second-order valence-corrected chi connectivity index (χ2v) is 10.5.